The number of hydrogen-bond donors (Lipinski definition) is 1. The zero-order valence-electron chi connectivity index (χ0n) is 17.5. The van der Waals surface area contributed by atoms with Crippen molar-refractivity contribution in [3.8, 4) is 11.4 Å². The first-order valence-electron chi connectivity index (χ1n) is 9.81. The lowest BCUT2D eigenvalue weighted by atomic mass is 10.2. The molecule has 0 aliphatic carbocycles. The molecule has 7 nitrogen and oxygen atoms in total. The molecule has 0 atom stereocenters. The lowest BCUT2D eigenvalue weighted by Crippen LogP contribution is -2.24. The van der Waals surface area contributed by atoms with E-state index in [4.69, 9.17) is 25.2 Å². The van der Waals surface area contributed by atoms with E-state index >= 15 is 0 Å². The first-order chi connectivity index (χ1) is 14.3. The Morgan fingerprint density at radius 3 is 2.27 bits per heavy atom. The first-order valence-corrected chi connectivity index (χ1v) is 9.81. The van der Waals surface area contributed by atoms with Gasteiger partial charge in [0.25, 0.3) is 0 Å². The predicted octanol–water partition coefficient (Wildman–Crippen LogP) is 4.51. The average Bonchev–Trinajstić information content (AvgIpc) is 2.96. The molecule has 0 spiro atoms. The molecule has 7 heteroatoms. The summed E-state index contributed by atoms with van der Waals surface area (Å²) in [7, 11) is 0. The Bertz CT molecular complexity index is 1240. The van der Waals surface area contributed by atoms with Gasteiger partial charge in [0.15, 0.2) is 5.65 Å². The van der Waals surface area contributed by atoms with Crippen LogP contribution in [-0.4, -0.2) is 32.7 Å². The van der Waals surface area contributed by atoms with Crippen LogP contribution in [0.3, 0.4) is 0 Å². The van der Waals surface area contributed by atoms with Crippen molar-refractivity contribution in [2.24, 2.45) is 0 Å². The largest absolute Gasteiger partial charge is 0.494 e. The van der Waals surface area contributed by atoms with Crippen molar-refractivity contribution in [2.45, 2.75) is 33.3 Å². The Balaban J connectivity index is 1.98. The van der Waals surface area contributed by atoms with Gasteiger partial charge in [0.2, 0.25) is 0 Å². The fourth-order valence-corrected chi connectivity index (χ4v) is 3.31. The van der Waals surface area contributed by atoms with Crippen LogP contribution in [0.2, 0.25) is 0 Å². The number of hydrogen-bond acceptors (Lipinski definition) is 6. The van der Waals surface area contributed by atoms with Crippen molar-refractivity contribution in [3.05, 3.63) is 54.1 Å². The van der Waals surface area contributed by atoms with E-state index in [1.165, 1.54) is 0 Å². The van der Waals surface area contributed by atoms with E-state index in [2.05, 4.69) is 0 Å². The number of fused-ring (bicyclic) bond motifs is 2. The van der Waals surface area contributed by atoms with E-state index in [-0.39, 0.29) is 11.4 Å². The second-order valence-electron chi connectivity index (χ2n) is 7.91. The molecule has 2 heterocycles. The summed E-state index contributed by atoms with van der Waals surface area (Å²) in [6.07, 6.45) is 0. The molecule has 4 aromatic rings. The molecule has 0 aliphatic heterocycles. The van der Waals surface area contributed by atoms with Crippen LogP contribution in [-0.2, 0) is 4.74 Å². The van der Waals surface area contributed by atoms with Crippen LogP contribution in [0.15, 0.2) is 48.5 Å². The topological polar surface area (TPSA) is 92.3 Å². The van der Waals surface area contributed by atoms with Crippen LogP contribution >= 0.6 is 0 Å². The number of benzene rings is 2. The van der Waals surface area contributed by atoms with Gasteiger partial charge in [0.1, 0.15) is 28.2 Å². The first kappa shape index (κ1) is 19.7. The Kier molecular flexibility index (Phi) is 4.81. The molecule has 4 rings (SSSR count). The van der Waals surface area contributed by atoms with Crippen LogP contribution in [0.1, 0.15) is 38.1 Å². The molecular formula is C23H24N4O3. The third-order valence-corrected chi connectivity index (χ3v) is 4.51. The summed E-state index contributed by atoms with van der Waals surface area (Å²) >= 11 is 0. The molecule has 2 aromatic carbocycles. The van der Waals surface area contributed by atoms with E-state index in [1.54, 1.807) is 4.57 Å². The molecule has 0 unspecified atom stereocenters. The summed E-state index contributed by atoms with van der Waals surface area (Å²) in [5, 5.41) is 0. The number of nitrogen functional groups attached to an aromatic ring is 1. The van der Waals surface area contributed by atoms with Crippen molar-refractivity contribution in [1.29, 1.82) is 0 Å². The highest BCUT2D eigenvalue weighted by molar-refractivity contribution is 6.09. The number of carbonyl (C=O) groups excluding carboxylic acids is 1. The lowest BCUT2D eigenvalue weighted by molar-refractivity contribution is 0.00728. The van der Waals surface area contributed by atoms with E-state index in [0.29, 0.717) is 28.8 Å². The van der Waals surface area contributed by atoms with E-state index in [0.717, 1.165) is 11.4 Å². The van der Waals surface area contributed by atoms with Crippen LogP contribution in [0.5, 0.6) is 5.75 Å². The number of para-hydroxylation sites is 2. The minimum atomic E-state index is -0.665. The van der Waals surface area contributed by atoms with Crippen LogP contribution in [0.4, 0.5) is 5.82 Å². The number of ether oxygens (including phenoxy) is 2. The third kappa shape index (κ3) is 3.54. The van der Waals surface area contributed by atoms with Crippen molar-refractivity contribution in [1.82, 2.24) is 14.5 Å². The maximum atomic E-state index is 13.0. The van der Waals surface area contributed by atoms with Crippen molar-refractivity contribution in [2.75, 3.05) is 12.3 Å². The minimum Gasteiger partial charge on any atom is -0.494 e. The number of nitrogens with zero attached hydrogens (tertiary/aromatic N) is 3. The van der Waals surface area contributed by atoms with Gasteiger partial charge in [-0.25, -0.2) is 14.8 Å². The normalized spacial score (nSPS) is 11.7. The molecule has 2 N–H and O–H groups in total. The van der Waals surface area contributed by atoms with Crippen LogP contribution < -0.4 is 10.5 Å². The maximum Gasteiger partial charge on any atom is 0.344 e. The number of aromatic nitrogens is 3. The summed E-state index contributed by atoms with van der Waals surface area (Å²) < 4.78 is 12.9. The molecular weight excluding hydrogens is 380 g/mol. The van der Waals surface area contributed by atoms with Gasteiger partial charge in [0, 0.05) is 5.69 Å². The number of anilines is 1. The quantitative estimate of drug-likeness (QED) is 0.503. The number of carbonyl (C=O) groups is 1. The lowest BCUT2D eigenvalue weighted by Gasteiger charge is -2.19. The number of rotatable bonds is 4. The molecule has 0 saturated carbocycles. The zero-order valence-corrected chi connectivity index (χ0v) is 17.5. The van der Waals surface area contributed by atoms with Crippen molar-refractivity contribution in [3.63, 3.8) is 0 Å². The van der Waals surface area contributed by atoms with Gasteiger partial charge in [-0.15, -0.1) is 0 Å². The molecule has 154 valence electrons. The summed E-state index contributed by atoms with van der Waals surface area (Å²) in [4.78, 5) is 22.5. The minimum absolute atomic E-state index is 0.215. The van der Waals surface area contributed by atoms with Gasteiger partial charge in [-0.2, -0.15) is 0 Å². The summed E-state index contributed by atoms with van der Waals surface area (Å²) in [5.41, 5.74) is 9.08. The molecule has 2 aromatic heterocycles. The Hall–Kier alpha value is -3.61. The van der Waals surface area contributed by atoms with Crippen LogP contribution in [0, 0.1) is 0 Å². The molecule has 0 bridgehead atoms. The third-order valence-electron chi connectivity index (χ3n) is 4.51. The predicted molar refractivity (Wildman–Crippen MR) is 117 cm³/mol. The summed E-state index contributed by atoms with van der Waals surface area (Å²) in [6.45, 7) is 7.95. The fourth-order valence-electron chi connectivity index (χ4n) is 3.31. The van der Waals surface area contributed by atoms with Gasteiger partial charge < -0.3 is 15.2 Å². The smallest absolute Gasteiger partial charge is 0.344 e. The van der Waals surface area contributed by atoms with Gasteiger partial charge in [0.05, 0.1) is 17.6 Å². The van der Waals surface area contributed by atoms with E-state index in [9.17, 15) is 4.79 Å². The maximum absolute atomic E-state index is 13.0. The van der Waals surface area contributed by atoms with Crippen molar-refractivity contribution < 1.29 is 14.3 Å². The highest BCUT2D eigenvalue weighted by Gasteiger charge is 2.28. The van der Waals surface area contributed by atoms with Gasteiger partial charge in [-0.3, -0.25) is 4.57 Å². The average molecular weight is 404 g/mol. The van der Waals surface area contributed by atoms with Crippen molar-refractivity contribution >= 4 is 34.0 Å². The fraction of sp³-hybridized carbons (Fsp3) is 0.261. The standard InChI is InChI=1S/C23H24N4O3/c1-5-29-15-12-10-14(11-13-15)27-20(24)18(22(28)30-23(2,3)4)19-21(27)26-17-9-7-6-8-16(17)25-19/h6-13H,5,24H2,1-4H3. The van der Waals surface area contributed by atoms with E-state index in [1.807, 2.05) is 76.2 Å². The molecule has 0 saturated heterocycles. The number of nitrogens with two attached hydrogens (primary N) is 1. The second kappa shape index (κ2) is 7.33. The zero-order chi connectivity index (χ0) is 21.5. The number of esters is 1. The van der Waals surface area contributed by atoms with Gasteiger partial charge in [-0.05, 0) is 64.1 Å². The Labute approximate surface area is 174 Å². The highest BCUT2D eigenvalue weighted by Crippen LogP contribution is 2.32. The summed E-state index contributed by atoms with van der Waals surface area (Å²) in [6, 6.07) is 14.9. The molecule has 0 amide bonds. The molecule has 0 fully saturated rings. The van der Waals surface area contributed by atoms with E-state index < -0.39 is 11.6 Å². The summed E-state index contributed by atoms with van der Waals surface area (Å²) in [5.74, 6) is 0.457. The SMILES string of the molecule is CCOc1ccc(-n2c(N)c(C(=O)OC(C)(C)C)c3nc4ccccc4nc32)cc1. The van der Waals surface area contributed by atoms with Gasteiger partial charge in [-0.1, -0.05) is 12.1 Å². The molecule has 0 radical (unpaired) electrons. The van der Waals surface area contributed by atoms with Crippen LogP contribution in [0.25, 0.3) is 27.9 Å². The second-order valence-corrected chi connectivity index (χ2v) is 7.91. The molecule has 30 heavy (non-hydrogen) atoms. The Morgan fingerprint density at radius 2 is 1.67 bits per heavy atom. The Morgan fingerprint density at radius 1 is 1.03 bits per heavy atom. The molecule has 0 aliphatic rings. The monoisotopic (exact) mass is 404 g/mol. The highest BCUT2D eigenvalue weighted by atomic mass is 16.6. The van der Waals surface area contributed by atoms with Gasteiger partial charge >= 0.3 is 5.97 Å².